The van der Waals surface area contributed by atoms with Crippen LogP contribution in [-0.4, -0.2) is 23.3 Å². The summed E-state index contributed by atoms with van der Waals surface area (Å²) in [6.45, 7) is 0. The van der Waals surface area contributed by atoms with E-state index in [1.165, 1.54) is 0 Å². The van der Waals surface area contributed by atoms with Gasteiger partial charge in [0.05, 0.1) is 19.0 Å². The summed E-state index contributed by atoms with van der Waals surface area (Å²) in [4.78, 5) is 19.1. The van der Waals surface area contributed by atoms with Gasteiger partial charge in [-0.1, -0.05) is 28.1 Å². The Morgan fingerprint density at radius 3 is 2.56 bits per heavy atom. The van der Waals surface area contributed by atoms with Crippen molar-refractivity contribution in [1.29, 1.82) is 5.26 Å². The van der Waals surface area contributed by atoms with Crippen LogP contribution in [0.15, 0.2) is 62.9 Å². The van der Waals surface area contributed by atoms with Crippen LogP contribution in [0.5, 0.6) is 5.75 Å². The van der Waals surface area contributed by atoms with Gasteiger partial charge in [0.2, 0.25) is 5.95 Å². The van der Waals surface area contributed by atoms with Crippen molar-refractivity contribution in [2.24, 2.45) is 5.10 Å². The fraction of sp³-hybridized carbons (Fsp3) is 0.0526. The number of halogens is 1. The summed E-state index contributed by atoms with van der Waals surface area (Å²) in [5.74, 6) is 0.803. The molecular weight excluding hydrogens is 410 g/mol. The van der Waals surface area contributed by atoms with Gasteiger partial charge in [-0.05, 0) is 42.0 Å². The van der Waals surface area contributed by atoms with Crippen LogP contribution in [0.3, 0.4) is 0 Å². The lowest BCUT2D eigenvalue weighted by Gasteiger charge is -2.07. The molecule has 0 aliphatic heterocycles. The predicted octanol–water partition coefficient (Wildman–Crippen LogP) is 3.53. The number of rotatable bonds is 5. The third-order valence-electron chi connectivity index (χ3n) is 3.65. The van der Waals surface area contributed by atoms with Crippen molar-refractivity contribution in [3.63, 3.8) is 0 Å². The van der Waals surface area contributed by atoms with E-state index in [-0.39, 0.29) is 17.2 Å². The highest BCUT2D eigenvalue weighted by Crippen LogP contribution is 2.22. The van der Waals surface area contributed by atoms with E-state index in [2.05, 4.69) is 36.4 Å². The summed E-state index contributed by atoms with van der Waals surface area (Å²) in [7, 11) is 1.56. The highest BCUT2D eigenvalue weighted by atomic mass is 79.9. The van der Waals surface area contributed by atoms with Crippen molar-refractivity contribution in [2.75, 3.05) is 12.5 Å². The van der Waals surface area contributed by atoms with Crippen LogP contribution in [0, 0.1) is 11.3 Å². The van der Waals surface area contributed by atoms with Crippen molar-refractivity contribution in [1.82, 2.24) is 9.97 Å². The van der Waals surface area contributed by atoms with Gasteiger partial charge < -0.3 is 4.74 Å². The molecule has 0 spiro atoms. The molecule has 0 amide bonds. The number of aromatic nitrogens is 2. The maximum Gasteiger partial charge on any atom is 0.270 e. The number of hydrogen-bond acceptors (Lipinski definition) is 6. The number of nitrogens with one attached hydrogen (secondary N) is 2. The number of methoxy groups -OCH3 is 1. The number of hydrazone groups is 1. The molecule has 0 saturated carbocycles. The van der Waals surface area contributed by atoms with Crippen molar-refractivity contribution >= 4 is 28.1 Å². The van der Waals surface area contributed by atoms with E-state index in [0.717, 1.165) is 10.0 Å². The number of anilines is 1. The van der Waals surface area contributed by atoms with Crippen LogP contribution in [0.2, 0.25) is 0 Å². The Bertz CT molecular complexity index is 1070. The summed E-state index contributed by atoms with van der Waals surface area (Å²) in [5.41, 5.74) is 3.85. The van der Waals surface area contributed by atoms with E-state index in [1.54, 1.807) is 37.6 Å². The highest BCUT2D eigenvalue weighted by Gasteiger charge is 2.13. The van der Waals surface area contributed by atoms with E-state index in [9.17, 15) is 10.1 Å². The predicted molar refractivity (Wildman–Crippen MR) is 107 cm³/mol. The van der Waals surface area contributed by atoms with Gasteiger partial charge in [0.1, 0.15) is 17.4 Å². The second-order valence-corrected chi connectivity index (χ2v) is 6.32. The largest absolute Gasteiger partial charge is 0.497 e. The smallest absolute Gasteiger partial charge is 0.270 e. The van der Waals surface area contributed by atoms with Gasteiger partial charge >= 0.3 is 0 Å². The van der Waals surface area contributed by atoms with Gasteiger partial charge in [-0.25, -0.2) is 10.4 Å². The standard InChI is InChI=1S/C19H14BrN5O2/c1-27-15-8-4-13(5-9-15)17-16(10-21)18(26)24-19(23-17)25-22-11-12-2-6-14(20)7-3-12/h2-9,11H,1H3,(H2,23,24,25,26)/b22-11+. The second-order valence-electron chi connectivity index (χ2n) is 5.40. The van der Waals surface area contributed by atoms with Gasteiger partial charge in [-0.3, -0.25) is 9.78 Å². The molecule has 2 aromatic carbocycles. The van der Waals surface area contributed by atoms with Crippen LogP contribution < -0.4 is 15.7 Å². The monoisotopic (exact) mass is 423 g/mol. The molecule has 7 nitrogen and oxygen atoms in total. The first-order valence-electron chi connectivity index (χ1n) is 7.84. The minimum atomic E-state index is -0.542. The normalized spacial score (nSPS) is 10.6. The first kappa shape index (κ1) is 18.4. The molecule has 27 heavy (non-hydrogen) atoms. The molecule has 0 fully saturated rings. The molecule has 3 aromatic rings. The molecule has 3 rings (SSSR count). The Balaban J connectivity index is 1.90. The van der Waals surface area contributed by atoms with Crippen molar-refractivity contribution in [3.05, 3.63) is 74.5 Å². The Kier molecular flexibility index (Phi) is 5.64. The average molecular weight is 424 g/mol. The van der Waals surface area contributed by atoms with Gasteiger partial charge in [-0.2, -0.15) is 10.4 Å². The molecule has 0 saturated heterocycles. The SMILES string of the molecule is COc1ccc(-c2nc(N/N=C/c3ccc(Br)cc3)[nH]c(=O)c2C#N)cc1. The summed E-state index contributed by atoms with van der Waals surface area (Å²) in [6.07, 6.45) is 1.59. The zero-order chi connectivity index (χ0) is 19.2. The number of aromatic amines is 1. The molecule has 8 heteroatoms. The maximum atomic E-state index is 12.2. The Hall–Kier alpha value is -3.44. The minimum absolute atomic E-state index is 0.0670. The van der Waals surface area contributed by atoms with E-state index >= 15 is 0 Å². The second kappa shape index (κ2) is 8.29. The lowest BCUT2D eigenvalue weighted by Crippen LogP contribution is -2.16. The van der Waals surface area contributed by atoms with Gasteiger partial charge in [0.25, 0.3) is 5.56 Å². The molecule has 0 atom stereocenters. The Labute approximate surface area is 163 Å². The van der Waals surface area contributed by atoms with E-state index < -0.39 is 5.56 Å². The summed E-state index contributed by atoms with van der Waals surface area (Å²) in [5, 5.41) is 13.4. The number of H-pyrrole nitrogens is 1. The van der Waals surface area contributed by atoms with E-state index in [4.69, 9.17) is 4.74 Å². The Morgan fingerprint density at radius 2 is 1.93 bits per heavy atom. The number of benzene rings is 2. The van der Waals surface area contributed by atoms with Gasteiger partial charge in [-0.15, -0.1) is 0 Å². The number of ether oxygens (including phenoxy) is 1. The number of nitriles is 1. The summed E-state index contributed by atoms with van der Waals surface area (Å²) < 4.78 is 6.09. The fourth-order valence-electron chi connectivity index (χ4n) is 2.30. The van der Waals surface area contributed by atoms with Gasteiger partial charge in [0, 0.05) is 10.0 Å². The number of hydrogen-bond donors (Lipinski definition) is 2. The lowest BCUT2D eigenvalue weighted by molar-refractivity contribution is 0.415. The number of nitrogens with zero attached hydrogens (tertiary/aromatic N) is 3. The van der Waals surface area contributed by atoms with E-state index in [1.807, 2.05) is 30.3 Å². The topological polar surface area (TPSA) is 103 Å². The van der Waals surface area contributed by atoms with Gasteiger partial charge in [0.15, 0.2) is 0 Å². The first-order valence-corrected chi connectivity index (χ1v) is 8.63. The highest BCUT2D eigenvalue weighted by molar-refractivity contribution is 9.10. The summed E-state index contributed by atoms with van der Waals surface area (Å²) in [6, 6.07) is 16.4. The summed E-state index contributed by atoms with van der Waals surface area (Å²) >= 11 is 3.37. The van der Waals surface area contributed by atoms with Crippen molar-refractivity contribution < 1.29 is 4.74 Å². The van der Waals surface area contributed by atoms with Crippen LogP contribution in [0.25, 0.3) is 11.3 Å². The van der Waals surface area contributed by atoms with Crippen LogP contribution >= 0.6 is 15.9 Å². The molecule has 134 valence electrons. The molecule has 0 bridgehead atoms. The molecule has 0 aliphatic rings. The zero-order valence-electron chi connectivity index (χ0n) is 14.2. The molecule has 1 heterocycles. The Morgan fingerprint density at radius 1 is 1.22 bits per heavy atom. The van der Waals surface area contributed by atoms with Crippen LogP contribution in [0.4, 0.5) is 5.95 Å². The molecule has 0 radical (unpaired) electrons. The third kappa shape index (κ3) is 4.40. The fourth-order valence-corrected chi connectivity index (χ4v) is 2.57. The average Bonchev–Trinajstić information content (AvgIpc) is 2.69. The van der Waals surface area contributed by atoms with Crippen molar-refractivity contribution in [3.8, 4) is 23.1 Å². The van der Waals surface area contributed by atoms with Crippen LogP contribution in [0.1, 0.15) is 11.1 Å². The molecule has 0 aliphatic carbocycles. The van der Waals surface area contributed by atoms with E-state index in [0.29, 0.717) is 11.3 Å². The zero-order valence-corrected chi connectivity index (χ0v) is 15.8. The van der Waals surface area contributed by atoms with Crippen molar-refractivity contribution in [2.45, 2.75) is 0 Å². The molecular formula is C19H14BrN5O2. The quantitative estimate of drug-likeness (QED) is 0.482. The van der Waals surface area contributed by atoms with Crippen LogP contribution in [-0.2, 0) is 0 Å². The lowest BCUT2D eigenvalue weighted by atomic mass is 10.1. The maximum absolute atomic E-state index is 12.2. The molecule has 0 unspecified atom stereocenters. The minimum Gasteiger partial charge on any atom is -0.497 e. The first-order chi connectivity index (χ1) is 13.1. The molecule has 1 aromatic heterocycles. The third-order valence-corrected chi connectivity index (χ3v) is 4.18. The molecule has 2 N–H and O–H groups in total.